The first-order valence-electron chi connectivity index (χ1n) is 10.9. The summed E-state index contributed by atoms with van der Waals surface area (Å²) in [7, 11) is 0. The highest BCUT2D eigenvalue weighted by Crippen LogP contribution is 2.11. The Morgan fingerprint density at radius 3 is 2.26 bits per heavy atom. The summed E-state index contributed by atoms with van der Waals surface area (Å²) in [6.45, 7) is 5.98. The fraction of sp³-hybridized carbons (Fsp3) is 0.192. The smallest absolute Gasteiger partial charge is 0.346 e. The molecular formula is C26H25N5O3. The Bertz CT molecular complexity index is 1450. The number of aryl methyl sites for hydroxylation is 3. The summed E-state index contributed by atoms with van der Waals surface area (Å²) in [5, 5.41) is 6.92. The first kappa shape index (κ1) is 22.8. The number of hydrogen-bond acceptors (Lipinski definition) is 5. The van der Waals surface area contributed by atoms with Gasteiger partial charge in [0.2, 0.25) is 5.69 Å². The van der Waals surface area contributed by atoms with Crippen molar-refractivity contribution in [3.63, 3.8) is 0 Å². The van der Waals surface area contributed by atoms with Crippen molar-refractivity contribution in [2.24, 2.45) is 0 Å². The zero-order valence-corrected chi connectivity index (χ0v) is 19.3. The Morgan fingerprint density at radius 2 is 1.59 bits per heavy atom. The number of nitrogens with one attached hydrogen (secondary N) is 1. The van der Waals surface area contributed by atoms with E-state index in [4.69, 9.17) is 0 Å². The lowest BCUT2D eigenvalue weighted by Crippen LogP contribution is -2.46. The van der Waals surface area contributed by atoms with Gasteiger partial charge in [0.1, 0.15) is 0 Å². The SMILES string of the molecule is Cc1cccc(Cn2c(=O)c(C(=O)NCc3ccncc3)nn(-c3cc(C)cc(C)c3)c2=O)c1. The third kappa shape index (κ3) is 5.01. The number of benzene rings is 2. The Hall–Kier alpha value is -4.33. The molecule has 0 radical (unpaired) electrons. The molecule has 0 aliphatic heterocycles. The van der Waals surface area contributed by atoms with Gasteiger partial charge < -0.3 is 5.32 Å². The van der Waals surface area contributed by atoms with Crippen molar-refractivity contribution in [1.29, 1.82) is 0 Å². The highest BCUT2D eigenvalue weighted by Gasteiger charge is 2.20. The molecule has 0 aliphatic carbocycles. The molecule has 8 nitrogen and oxygen atoms in total. The van der Waals surface area contributed by atoms with Crippen LogP contribution < -0.4 is 16.6 Å². The van der Waals surface area contributed by atoms with Crippen LogP contribution in [0.2, 0.25) is 0 Å². The van der Waals surface area contributed by atoms with Crippen molar-refractivity contribution in [2.45, 2.75) is 33.9 Å². The van der Waals surface area contributed by atoms with Gasteiger partial charge in [0.05, 0.1) is 12.2 Å². The monoisotopic (exact) mass is 455 g/mol. The zero-order valence-electron chi connectivity index (χ0n) is 19.3. The first-order chi connectivity index (χ1) is 16.3. The van der Waals surface area contributed by atoms with E-state index in [2.05, 4.69) is 15.4 Å². The molecule has 1 N–H and O–H groups in total. The van der Waals surface area contributed by atoms with Gasteiger partial charge in [-0.15, -0.1) is 0 Å². The Kier molecular flexibility index (Phi) is 6.49. The minimum atomic E-state index is -0.737. The zero-order chi connectivity index (χ0) is 24.2. The summed E-state index contributed by atoms with van der Waals surface area (Å²) >= 11 is 0. The molecule has 0 spiro atoms. The number of carbonyl (C=O) groups excluding carboxylic acids is 1. The molecule has 0 bridgehead atoms. The molecule has 0 aliphatic rings. The van der Waals surface area contributed by atoms with Gasteiger partial charge >= 0.3 is 5.69 Å². The lowest BCUT2D eigenvalue weighted by molar-refractivity contribution is 0.0941. The van der Waals surface area contributed by atoms with Crippen LogP contribution in [-0.2, 0) is 13.1 Å². The molecule has 2 heterocycles. The standard InChI is InChI=1S/C26H25N5O3/c1-17-5-4-6-21(12-17)16-30-25(33)23(24(32)28-15-20-7-9-27-10-8-20)29-31(26(30)34)22-13-18(2)11-19(3)14-22/h4-14H,15-16H2,1-3H3,(H,28,32). The van der Waals surface area contributed by atoms with Crippen molar-refractivity contribution in [3.05, 3.63) is 121 Å². The molecule has 1 amide bonds. The van der Waals surface area contributed by atoms with Gasteiger partial charge in [-0.2, -0.15) is 9.78 Å². The second-order valence-corrected chi connectivity index (χ2v) is 8.31. The molecule has 0 saturated carbocycles. The summed E-state index contributed by atoms with van der Waals surface area (Å²) in [6, 6.07) is 16.6. The van der Waals surface area contributed by atoms with Crippen LogP contribution >= 0.6 is 0 Å². The summed E-state index contributed by atoms with van der Waals surface area (Å²) in [4.78, 5) is 43.6. The van der Waals surface area contributed by atoms with Gasteiger partial charge in [0.15, 0.2) is 0 Å². The van der Waals surface area contributed by atoms with E-state index in [1.807, 2.05) is 51.1 Å². The quantitative estimate of drug-likeness (QED) is 0.482. The van der Waals surface area contributed by atoms with Crippen LogP contribution in [-0.4, -0.2) is 25.2 Å². The first-order valence-corrected chi connectivity index (χ1v) is 10.9. The lowest BCUT2D eigenvalue weighted by atomic mass is 10.1. The molecule has 0 fully saturated rings. The molecule has 4 rings (SSSR count). The third-order valence-corrected chi connectivity index (χ3v) is 5.35. The Morgan fingerprint density at radius 1 is 0.882 bits per heavy atom. The molecular weight excluding hydrogens is 430 g/mol. The molecule has 2 aromatic carbocycles. The highest BCUT2D eigenvalue weighted by atomic mass is 16.2. The van der Waals surface area contributed by atoms with Crippen LogP contribution in [0.1, 0.15) is 38.3 Å². The van der Waals surface area contributed by atoms with Gasteiger partial charge in [0, 0.05) is 18.9 Å². The number of carbonyl (C=O) groups is 1. The maximum absolute atomic E-state index is 13.4. The number of hydrogen-bond donors (Lipinski definition) is 1. The second kappa shape index (κ2) is 9.66. The van der Waals surface area contributed by atoms with E-state index in [-0.39, 0.29) is 18.8 Å². The molecule has 172 valence electrons. The van der Waals surface area contributed by atoms with Gasteiger partial charge in [0.25, 0.3) is 11.5 Å². The second-order valence-electron chi connectivity index (χ2n) is 8.31. The van der Waals surface area contributed by atoms with Crippen LogP contribution in [0.4, 0.5) is 0 Å². The van der Waals surface area contributed by atoms with Crippen molar-refractivity contribution >= 4 is 5.91 Å². The van der Waals surface area contributed by atoms with E-state index in [9.17, 15) is 14.4 Å². The van der Waals surface area contributed by atoms with Crippen LogP contribution in [0.3, 0.4) is 0 Å². The van der Waals surface area contributed by atoms with Gasteiger partial charge in [-0.25, -0.2) is 4.79 Å². The highest BCUT2D eigenvalue weighted by molar-refractivity contribution is 5.91. The van der Waals surface area contributed by atoms with Gasteiger partial charge in [-0.3, -0.25) is 19.1 Å². The number of aromatic nitrogens is 4. The van der Waals surface area contributed by atoms with Crippen LogP contribution in [0.25, 0.3) is 5.69 Å². The van der Waals surface area contributed by atoms with Crippen LogP contribution in [0, 0.1) is 20.8 Å². The topological polar surface area (TPSA) is 98.9 Å². The van der Waals surface area contributed by atoms with Crippen molar-refractivity contribution in [2.75, 3.05) is 0 Å². The Balaban J connectivity index is 1.82. The van der Waals surface area contributed by atoms with Crippen molar-refractivity contribution in [1.82, 2.24) is 24.6 Å². The molecule has 2 aromatic heterocycles. The third-order valence-electron chi connectivity index (χ3n) is 5.35. The lowest BCUT2D eigenvalue weighted by Gasteiger charge is -2.13. The van der Waals surface area contributed by atoms with E-state index in [1.54, 1.807) is 36.7 Å². The minimum Gasteiger partial charge on any atom is -0.346 e. The molecule has 0 unspecified atom stereocenters. The number of nitrogens with zero attached hydrogens (tertiary/aromatic N) is 4. The predicted octanol–water partition coefficient (Wildman–Crippen LogP) is 2.69. The number of pyridine rings is 1. The number of rotatable bonds is 6. The summed E-state index contributed by atoms with van der Waals surface area (Å²) < 4.78 is 2.18. The minimum absolute atomic E-state index is 0.0251. The average Bonchev–Trinajstić information content (AvgIpc) is 2.80. The summed E-state index contributed by atoms with van der Waals surface area (Å²) in [5.41, 5.74) is 3.27. The number of amides is 1. The fourth-order valence-corrected chi connectivity index (χ4v) is 3.80. The van der Waals surface area contributed by atoms with E-state index in [0.717, 1.165) is 37.1 Å². The maximum Gasteiger partial charge on any atom is 0.352 e. The van der Waals surface area contributed by atoms with E-state index in [1.165, 1.54) is 0 Å². The molecule has 4 aromatic rings. The normalized spacial score (nSPS) is 10.8. The largest absolute Gasteiger partial charge is 0.352 e. The van der Waals surface area contributed by atoms with Crippen molar-refractivity contribution in [3.8, 4) is 5.69 Å². The van der Waals surface area contributed by atoms with Crippen molar-refractivity contribution < 1.29 is 4.79 Å². The van der Waals surface area contributed by atoms with Crippen LogP contribution in [0.5, 0.6) is 0 Å². The molecule has 8 heteroatoms. The van der Waals surface area contributed by atoms with Crippen LogP contribution in [0.15, 0.2) is 76.6 Å². The van der Waals surface area contributed by atoms with E-state index < -0.39 is 17.2 Å². The molecule has 0 atom stereocenters. The molecule has 0 saturated heterocycles. The summed E-state index contributed by atoms with van der Waals surface area (Å²) in [6.07, 6.45) is 3.24. The van der Waals surface area contributed by atoms with Gasteiger partial charge in [-0.05, 0) is 67.3 Å². The summed E-state index contributed by atoms with van der Waals surface area (Å²) in [5.74, 6) is -0.655. The maximum atomic E-state index is 13.4. The fourth-order valence-electron chi connectivity index (χ4n) is 3.80. The van der Waals surface area contributed by atoms with E-state index >= 15 is 0 Å². The van der Waals surface area contributed by atoms with E-state index in [0.29, 0.717) is 5.69 Å². The predicted molar refractivity (Wildman–Crippen MR) is 129 cm³/mol. The average molecular weight is 456 g/mol. The molecule has 34 heavy (non-hydrogen) atoms. The van der Waals surface area contributed by atoms with Gasteiger partial charge in [-0.1, -0.05) is 35.9 Å². The Labute approximate surface area is 196 Å².